The third kappa shape index (κ3) is 3.07. The Hall–Kier alpha value is -3.45. The summed E-state index contributed by atoms with van der Waals surface area (Å²) in [6.07, 6.45) is 1.03. The van der Waals surface area contributed by atoms with Gasteiger partial charge in [-0.2, -0.15) is 0 Å². The SMILES string of the molecule is COc1cc(O[C@@H]2CCN(C)C2)cc(-c2nc3c(o2)C(=O)c2ccccc2C3=O)c1. The van der Waals surface area contributed by atoms with Gasteiger partial charge in [-0.3, -0.25) is 9.59 Å². The Morgan fingerprint density at radius 1 is 1.07 bits per heavy atom. The van der Waals surface area contributed by atoms with Crippen molar-refractivity contribution < 1.29 is 23.5 Å². The Bertz CT molecular complexity index is 1110. The second kappa shape index (κ2) is 7.11. The number of ketones is 2. The largest absolute Gasteiger partial charge is 0.497 e. The second-order valence-electron chi connectivity index (χ2n) is 7.59. The van der Waals surface area contributed by atoms with Gasteiger partial charge >= 0.3 is 0 Å². The summed E-state index contributed by atoms with van der Waals surface area (Å²) in [5.74, 6) is 0.696. The van der Waals surface area contributed by atoms with Crippen molar-refractivity contribution in [1.82, 2.24) is 9.88 Å². The molecule has 5 rings (SSSR count). The molecule has 152 valence electrons. The molecule has 0 unspecified atom stereocenters. The molecule has 1 aromatic heterocycles. The number of benzene rings is 2. The molecule has 0 amide bonds. The Morgan fingerprint density at radius 2 is 1.80 bits per heavy atom. The van der Waals surface area contributed by atoms with Gasteiger partial charge < -0.3 is 18.8 Å². The summed E-state index contributed by atoms with van der Waals surface area (Å²) in [5.41, 5.74) is 1.29. The zero-order chi connectivity index (χ0) is 20.8. The van der Waals surface area contributed by atoms with Gasteiger partial charge in [0, 0.05) is 35.8 Å². The Kier molecular flexibility index (Phi) is 4.40. The van der Waals surface area contributed by atoms with Crippen molar-refractivity contribution in [1.29, 1.82) is 0 Å². The fourth-order valence-electron chi connectivity index (χ4n) is 3.94. The zero-order valence-corrected chi connectivity index (χ0v) is 16.7. The number of ether oxygens (including phenoxy) is 2. The van der Waals surface area contributed by atoms with E-state index in [1.54, 1.807) is 49.6 Å². The lowest BCUT2D eigenvalue weighted by atomic mass is 9.91. The molecule has 1 atom stereocenters. The zero-order valence-electron chi connectivity index (χ0n) is 16.7. The van der Waals surface area contributed by atoms with Crippen LogP contribution in [0.1, 0.15) is 38.6 Å². The van der Waals surface area contributed by atoms with Crippen molar-refractivity contribution >= 4 is 11.6 Å². The van der Waals surface area contributed by atoms with Crippen molar-refractivity contribution in [3.63, 3.8) is 0 Å². The van der Waals surface area contributed by atoms with Gasteiger partial charge in [-0.1, -0.05) is 24.3 Å². The van der Waals surface area contributed by atoms with E-state index in [-0.39, 0.29) is 35.0 Å². The van der Waals surface area contributed by atoms with E-state index < -0.39 is 0 Å². The monoisotopic (exact) mass is 404 g/mol. The van der Waals surface area contributed by atoms with Gasteiger partial charge in [-0.15, -0.1) is 0 Å². The first-order chi connectivity index (χ1) is 14.5. The number of methoxy groups -OCH3 is 1. The molecule has 1 saturated heterocycles. The predicted molar refractivity (Wildman–Crippen MR) is 108 cm³/mol. The van der Waals surface area contributed by atoms with Gasteiger partial charge in [0.25, 0.3) is 0 Å². The average molecular weight is 404 g/mol. The van der Waals surface area contributed by atoms with E-state index in [9.17, 15) is 9.59 Å². The topological polar surface area (TPSA) is 81.9 Å². The number of carbonyl (C=O) groups excluding carboxylic acids is 2. The fourth-order valence-corrected chi connectivity index (χ4v) is 3.94. The van der Waals surface area contributed by atoms with Crippen molar-refractivity contribution in [3.8, 4) is 23.0 Å². The lowest BCUT2D eigenvalue weighted by Gasteiger charge is -2.15. The maximum atomic E-state index is 12.8. The van der Waals surface area contributed by atoms with Crippen LogP contribution in [-0.2, 0) is 0 Å². The molecular formula is C23H20N2O5. The highest BCUT2D eigenvalue weighted by atomic mass is 16.5. The minimum Gasteiger partial charge on any atom is -0.497 e. The number of oxazole rings is 1. The molecular weight excluding hydrogens is 384 g/mol. The summed E-state index contributed by atoms with van der Waals surface area (Å²) in [4.78, 5) is 32.2. The second-order valence-corrected chi connectivity index (χ2v) is 7.59. The number of likely N-dealkylation sites (tertiary alicyclic amines) is 1. The number of aromatic nitrogens is 1. The van der Waals surface area contributed by atoms with Gasteiger partial charge in [0.2, 0.25) is 23.2 Å². The third-order valence-electron chi connectivity index (χ3n) is 5.48. The first-order valence-corrected chi connectivity index (χ1v) is 9.77. The molecule has 1 aliphatic heterocycles. The normalized spacial score (nSPS) is 18.3. The number of nitrogens with zero attached hydrogens (tertiary/aromatic N) is 2. The molecule has 1 fully saturated rings. The number of fused-ring (bicyclic) bond motifs is 2. The van der Waals surface area contributed by atoms with Crippen molar-refractivity contribution in [2.75, 3.05) is 27.2 Å². The van der Waals surface area contributed by atoms with Crippen molar-refractivity contribution in [2.45, 2.75) is 12.5 Å². The minimum atomic E-state index is -0.340. The number of hydrogen-bond acceptors (Lipinski definition) is 7. The maximum Gasteiger partial charge on any atom is 0.231 e. The summed E-state index contributed by atoms with van der Waals surface area (Å²) < 4.78 is 17.3. The standard InChI is InChI=1S/C23H20N2O5/c1-25-8-7-14(12-25)29-16-10-13(9-15(11-16)28-2)23-24-19-20(26)17-5-3-4-6-18(17)21(27)22(19)30-23/h3-6,9-11,14H,7-8,12H2,1-2H3/t14-/m1/s1. The molecule has 7 heteroatoms. The molecule has 7 nitrogen and oxygen atoms in total. The highest BCUT2D eigenvalue weighted by molar-refractivity contribution is 6.26. The van der Waals surface area contributed by atoms with Crippen LogP contribution in [0.25, 0.3) is 11.5 Å². The lowest BCUT2D eigenvalue weighted by Crippen LogP contribution is -2.21. The van der Waals surface area contributed by atoms with Gasteiger partial charge in [0.15, 0.2) is 5.69 Å². The van der Waals surface area contributed by atoms with Crippen LogP contribution >= 0.6 is 0 Å². The highest BCUT2D eigenvalue weighted by Crippen LogP contribution is 2.34. The summed E-state index contributed by atoms with van der Waals surface area (Å²) in [7, 11) is 3.63. The predicted octanol–water partition coefficient (Wildman–Crippen LogP) is 3.21. The Labute approximate surface area is 173 Å². The van der Waals surface area contributed by atoms with Gasteiger partial charge in [0.05, 0.1) is 7.11 Å². The van der Waals surface area contributed by atoms with Gasteiger partial charge in [-0.25, -0.2) is 4.98 Å². The number of rotatable bonds is 4. The molecule has 0 spiro atoms. The molecule has 2 heterocycles. The summed E-state index contributed by atoms with van der Waals surface area (Å²) in [5, 5.41) is 0. The van der Waals surface area contributed by atoms with Crippen LogP contribution in [0.2, 0.25) is 0 Å². The molecule has 30 heavy (non-hydrogen) atoms. The van der Waals surface area contributed by atoms with Crippen LogP contribution in [0.5, 0.6) is 11.5 Å². The Balaban J connectivity index is 1.53. The minimum absolute atomic E-state index is 0.0311. The van der Waals surface area contributed by atoms with Crippen LogP contribution in [0, 0.1) is 0 Å². The van der Waals surface area contributed by atoms with E-state index in [1.807, 2.05) is 0 Å². The van der Waals surface area contributed by atoms with Crippen molar-refractivity contribution in [2.24, 2.45) is 0 Å². The van der Waals surface area contributed by atoms with E-state index in [0.717, 1.165) is 19.5 Å². The van der Waals surface area contributed by atoms with Crippen LogP contribution in [0.15, 0.2) is 46.9 Å². The Morgan fingerprint density at radius 3 is 2.50 bits per heavy atom. The molecule has 0 saturated carbocycles. The third-order valence-corrected chi connectivity index (χ3v) is 5.48. The smallest absolute Gasteiger partial charge is 0.231 e. The van der Waals surface area contributed by atoms with Gasteiger partial charge in [-0.05, 0) is 25.6 Å². The number of hydrogen-bond donors (Lipinski definition) is 0. The first-order valence-electron chi connectivity index (χ1n) is 9.77. The lowest BCUT2D eigenvalue weighted by molar-refractivity contribution is 0.0959. The molecule has 0 radical (unpaired) electrons. The summed E-state index contributed by atoms with van der Waals surface area (Å²) in [6.45, 7) is 1.83. The number of carbonyl (C=O) groups is 2. The van der Waals surface area contributed by atoms with E-state index in [4.69, 9.17) is 13.9 Å². The van der Waals surface area contributed by atoms with E-state index in [2.05, 4.69) is 16.9 Å². The highest BCUT2D eigenvalue weighted by Gasteiger charge is 2.35. The van der Waals surface area contributed by atoms with E-state index in [0.29, 0.717) is 28.2 Å². The summed E-state index contributed by atoms with van der Waals surface area (Å²) >= 11 is 0. The van der Waals surface area contributed by atoms with Crippen LogP contribution in [-0.4, -0.2) is 54.8 Å². The molecule has 2 aromatic carbocycles. The molecule has 1 aliphatic carbocycles. The van der Waals surface area contributed by atoms with Crippen molar-refractivity contribution in [3.05, 3.63) is 65.0 Å². The quantitative estimate of drug-likeness (QED) is 0.517. The van der Waals surface area contributed by atoms with Gasteiger partial charge in [0.1, 0.15) is 17.6 Å². The summed E-state index contributed by atoms with van der Waals surface area (Å²) in [6, 6.07) is 12.0. The molecule has 0 bridgehead atoms. The fraction of sp³-hybridized carbons (Fsp3) is 0.261. The number of likely N-dealkylation sites (N-methyl/N-ethyl adjacent to an activating group) is 1. The maximum absolute atomic E-state index is 12.8. The van der Waals surface area contributed by atoms with E-state index >= 15 is 0 Å². The molecule has 3 aromatic rings. The van der Waals surface area contributed by atoms with Crippen LogP contribution in [0.3, 0.4) is 0 Å². The average Bonchev–Trinajstić information content (AvgIpc) is 3.38. The van der Waals surface area contributed by atoms with Crippen LogP contribution in [0.4, 0.5) is 0 Å². The first kappa shape index (κ1) is 18.6. The molecule has 0 N–H and O–H groups in total. The van der Waals surface area contributed by atoms with Crippen LogP contribution < -0.4 is 9.47 Å². The molecule has 2 aliphatic rings. The van der Waals surface area contributed by atoms with E-state index in [1.165, 1.54) is 0 Å².